The Morgan fingerprint density at radius 2 is 2.15 bits per heavy atom. The van der Waals surface area contributed by atoms with Crippen LogP contribution in [0.2, 0.25) is 0 Å². The van der Waals surface area contributed by atoms with Crippen LogP contribution in [-0.2, 0) is 4.79 Å². The number of hydrogen-bond donors (Lipinski definition) is 1. The topological polar surface area (TPSA) is 46.3 Å². The van der Waals surface area contributed by atoms with Crippen molar-refractivity contribution < 1.29 is 4.79 Å². The van der Waals surface area contributed by atoms with Crippen molar-refractivity contribution in [2.45, 2.75) is 32.7 Å². The van der Waals surface area contributed by atoms with Crippen molar-refractivity contribution in [2.75, 3.05) is 20.1 Å². The van der Waals surface area contributed by atoms with Crippen LogP contribution in [0.4, 0.5) is 0 Å². The second-order valence-electron chi connectivity index (χ2n) is 3.76. The highest BCUT2D eigenvalue weighted by atomic mass is 16.1. The van der Waals surface area contributed by atoms with Crippen LogP contribution in [0, 0.1) is 5.92 Å². The molecule has 3 nitrogen and oxygen atoms in total. The van der Waals surface area contributed by atoms with Crippen LogP contribution in [-0.4, -0.2) is 37.4 Å². The summed E-state index contributed by atoms with van der Waals surface area (Å²) in [6.07, 6.45) is 3.39. The SMILES string of the molecule is CC(N)C1CCCN(C)C1.CC=O. The van der Waals surface area contributed by atoms with E-state index in [1.807, 2.05) is 0 Å². The van der Waals surface area contributed by atoms with Crippen molar-refractivity contribution in [3.63, 3.8) is 0 Å². The first-order chi connectivity index (χ1) is 6.11. The number of piperidine rings is 1. The Hall–Kier alpha value is -0.410. The molecule has 0 saturated carbocycles. The zero-order valence-corrected chi connectivity index (χ0v) is 8.99. The van der Waals surface area contributed by atoms with Crippen molar-refractivity contribution in [1.29, 1.82) is 0 Å². The van der Waals surface area contributed by atoms with Gasteiger partial charge in [-0.2, -0.15) is 0 Å². The molecule has 1 aliphatic rings. The van der Waals surface area contributed by atoms with Gasteiger partial charge in [0.05, 0.1) is 0 Å². The van der Waals surface area contributed by atoms with Crippen LogP contribution in [0.25, 0.3) is 0 Å². The first kappa shape index (κ1) is 12.6. The Labute approximate surface area is 81.3 Å². The predicted molar refractivity (Wildman–Crippen MR) is 55.6 cm³/mol. The maximum absolute atomic E-state index is 8.81. The van der Waals surface area contributed by atoms with Gasteiger partial charge < -0.3 is 15.4 Å². The maximum atomic E-state index is 8.81. The molecule has 1 saturated heterocycles. The number of aldehydes is 1. The van der Waals surface area contributed by atoms with Gasteiger partial charge in [-0.15, -0.1) is 0 Å². The second-order valence-corrected chi connectivity index (χ2v) is 3.76. The molecule has 2 atom stereocenters. The smallest absolute Gasteiger partial charge is 0.116 e. The van der Waals surface area contributed by atoms with E-state index in [0.29, 0.717) is 6.04 Å². The lowest BCUT2D eigenvalue weighted by Crippen LogP contribution is -2.40. The average Bonchev–Trinajstić information content (AvgIpc) is 2.05. The zero-order valence-electron chi connectivity index (χ0n) is 8.99. The third-order valence-electron chi connectivity index (χ3n) is 2.40. The minimum Gasteiger partial charge on any atom is -0.328 e. The minimum absolute atomic E-state index is 0.378. The van der Waals surface area contributed by atoms with Gasteiger partial charge in [-0.25, -0.2) is 0 Å². The minimum atomic E-state index is 0.378. The van der Waals surface area contributed by atoms with E-state index >= 15 is 0 Å². The van der Waals surface area contributed by atoms with Gasteiger partial charge in [-0.05, 0) is 46.2 Å². The van der Waals surface area contributed by atoms with E-state index in [4.69, 9.17) is 10.5 Å². The Morgan fingerprint density at radius 3 is 2.46 bits per heavy atom. The van der Waals surface area contributed by atoms with Crippen LogP contribution in [0.1, 0.15) is 26.7 Å². The van der Waals surface area contributed by atoms with Crippen LogP contribution in [0.15, 0.2) is 0 Å². The molecule has 0 aliphatic carbocycles. The quantitative estimate of drug-likeness (QED) is 0.618. The van der Waals surface area contributed by atoms with Gasteiger partial charge in [0.2, 0.25) is 0 Å². The Balaban J connectivity index is 0.000000424. The number of likely N-dealkylation sites (tertiary alicyclic amines) is 1. The van der Waals surface area contributed by atoms with E-state index in [-0.39, 0.29) is 0 Å². The highest BCUT2D eigenvalue weighted by Gasteiger charge is 2.19. The van der Waals surface area contributed by atoms with Gasteiger partial charge in [0.25, 0.3) is 0 Å². The molecule has 0 amide bonds. The van der Waals surface area contributed by atoms with Gasteiger partial charge in [0.1, 0.15) is 6.29 Å². The van der Waals surface area contributed by atoms with Crippen molar-refractivity contribution in [3.05, 3.63) is 0 Å². The van der Waals surface area contributed by atoms with Gasteiger partial charge in [0.15, 0.2) is 0 Å². The molecule has 2 N–H and O–H groups in total. The predicted octanol–water partition coefficient (Wildman–Crippen LogP) is 0.881. The Kier molecular flexibility index (Phi) is 6.82. The summed E-state index contributed by atoms with van der Waals surface area (Å²) in [6, 6.07) is 0.378. The summed E-state index contributed by atoms with van der Waals surface area (Å²) < 4.78 is 0. The van der Waals surface area contributed by atoms with Crippen molar-refractivity contribution in [2.24, 2.45) is 11.7 Å². The Morgan fingerprint density at radius 1 is 1.62 bits per heavy atom. The van der Waals surface area contributed by atoms with Gasteiger partial charge >= 0.3 is 0 Å². The highest BCUT2D eigenvalue weighted by Crippen LogP contribution is 2.16. The normalized spacial score (nSPS) is 25.7. The van der Waals surface area contributed by atoms with E-state index in [2.05, 4.69) is 18.9 Å². The van der Waals surface area contributed by atoms with Crippen molar-refractivity contribution >= 4 is 6.29 Å². The fraction of sp³-hybridized carbons (Fsp3) is 0.900. The molecular formula is C10H22N2O. The van der Waals surface area contributed by atoms with Gasteiger partial charge in [-0.1, -0.05) is 0 Å². The van der Waals surface area contributed by atoms with Crippen LogP contribution in [0.5, 0.6) is 0 Å². The number of hydrogen-bond acceptors (Lipinski definition) is 3. The lowest BCUT2D eigenvalue weighted by molar-refractivity contribution is -0.106. The highest BCUT2D eigenvalue weighted by molar-refractivity contribution is 5.44. The summed E-state index contributed by atoms with van der Waals surface area (Å²) in [7, 11) is 2.18. The first-order valence-electron chi connectivity index (χ1n) is 4.95. The molecule has 3 heteroatoms. The molecule has 0 bridgehead atoms. The largest absolute Gasteiger partial charge is 0.328 e. The molecule has 0 aromatic heterocycles. The summed E-state index contributed by atoms with van der Waals surface area (Å²) in [4.78, 5) is 11.2. The standard InChI is InChI=1S/C8H18N2.C2H4O/c1-7(9)8-4-3-5-10(2)6-8;1-2-3/h7-8H,3-6,9H2,1-2H3;2H,1H3. The fourth-order valence-electron chi connectivity index (χ4n) is 1.64. The number of nitrogens with two attached hydrogens (primary N) is 1. The van der Waals surface area contributed by atoms with Crippen LogP contribution in [0.3, 0.4) is 0 Å². The van der Waals surface area contributed by atoms with E-state index in [9.17, 15) is 0 Å². The molecule has 78 valence electrons. The third-order valence-corrected chi connectivity index (χ3v) is 2.40. The molecule has 13 heavy (non-hydrogen) atoms. The van der Waals surface area contributed by atoms with E-state index in [1.54, 1.807) is 0 Å². The summed E-state index contributed by atoms with van der Waals surface area (Å²) >= 11 is 0. The molecule has 0 radical (unpaired) electrons. The number of carbonyl (C=O) groups excluding carboxylic acids is 1. The number of carbonyl (C=O) groups is 1. The molecule has 1 fully saturated rings. The summed E-state index contributed by atoms with van der Waals surface area (Å²) in [5.41, 5.74) is 5.80. The maximum Gasteiger partial charge on any atom is 0.116 e. The summed E-state index contributed by atoms with van der Waals surface area (Å²) in [5.74, 6) is 0.735. The molecule has 0 aromatic carbocycles. The van der Waals surface area contributed by atoms with Gasteiger partial charge in [0, 0.05) is 12.6 Å². The molecule has 0 aromatic rings. The lowest BCUT2D eigenvalue weighted by atomic mass is 9.93. The summed E-state index contributed by atoms with van der Waals surface area (Å²) in [5, 5.41) is 0. The molecular weight excluding hydrogens is 164 g/mol. The van der Waals surface area contributed by atoms with Gasteiger partial charge in [-0.3, -0.25) is 0 Å². The van der Waals surface area contributed by atoms with Crippen molar-refractivity contribution in [3.8, 4) is 0 Å². The van der Waals surface area contributed by atoms with E-state index in [0.717, 1.165) is 12.2 Å². The molecule has 1 rings (SSSR count). The molecule has 2 unspecified atom stereocenters. The lowest BCUT2D eigenvalue weighted by Gasteiger charge is -2.31. The summed E-state index contributed by atoms with van der Waals surface area (Å²) in [6.45, 7) is 6.00. The number of rotatable bonds is 1. The second kappa shape index (κ2) is 7.04. The van der Waals surface area contributed by atoms with Crippen LogP contribution < -0.4 is 5.73 Å². The molecule has 0 spiro atoms. The van der Waals surface area contributed by atoms with Crippen molar-refractivity contribution in [1.82, 2.24) is 4.90 Å². The zero-order chi connectivity index (χ0) is 10.3. The van der Waals surface area contributed by atoms with E-state index < -0.39 is 0 Å². The third kappa shape index (κ3) is 5.77. The molecule has 1 aliphatic heterocycles. The molecule has 1 heterocycles. The Bertz CT molecular complexity index is 137. The van der Waals surface area contributed by atoms with E-state index in [1.165, 1.54) is 32.9 Å². The monoisotopic (exact) mass is 186 g/mol. The average molecular weight is 186 g/mol. The fourth-order valence-corrected chi connectivity index (χ4v) is 1.64. The van der Waals surface area contributed by atoms with Crippen LogP contribution >= 0.6 is 0 Å². The first-order valence-corrected chi connectivity index (χ1v) is 4.95. The number of nitrogens with zero attached hydrogens (tertiary/aromatic N) is 1.